The zero-order valence-corrected chi connectivity index (χ0v) is 20.5. The minimum atomic E-state index is -0.853. The van der Waals surface area contributed by atoms with E-state index in [2.05, 4.69) is 4.98 Å². The number of hydrogen-bond donors (Lipinski definition) is 1. The number of amides is 1. The second-order valence-electron chi connectivity index (χ2n) is 9.37. The van der Waals surface area contributed by atoms with Crippen molar-refractivity contribution in [2.75, 3.05) is 0 Å². The first-order valence-corrected chi connectivity index (χ1v) is 12.4. The van der Waals surface area contributed by atoms with Gasteiger partial charge in [0.15, 0.2) is 11.6 Å². The van der Waals surface area contributed by atoms with Gasteiger partial charge in [0.25, 0.3) is 0 Å². The smallest absolute Gasteiger partial charge is 0.220 e. The molecule has 34 heavy (non-hydrogen) atoms. The van der Waals surface area contributed by atoms with Crippen LogP contribution in [0, 0.1) is 5.92 Å². The number of carbonyl (C=O) groups is 3. The average molecular weight is 479 g/mol. The summed E-state index contributed by atoms with van der Waals surface area (Å²) in [5.41, 5.74) is 2.55. The second-order valence-corrected chi connectivity index (χ2v) is 9.81. The van der Waals surface area contributed by atoms with Gasteiger partial charge in [-0.15, -0.1) is 0 Å². The molecular formula is C28H31ClN2O3. The van der Waals surface area contributed by atoms with E-state index >= 15 is 0 Å². The van der Waals surface area contributed by atoms with Crippen molar-refractivity contribution in [2.45, 2.75) is 65.0 Å². The summed E-state index contributed by atoms with van der Waals surface area (Å²) in [5.74, 6) is -0.0873. The number of halogens is 1. The van der Waals surface area contributed by atoms with Crippen LogP contribution in [0.15, 0.2) is 48.5 Å². The summed E-state index contributed by atoms with van der Waals surface area (Å²) < 4.78 is 0. The van der Waals surface area contributed by atoms with Gasteiger partial charge in [0, 0.05) is 48.3 Å². The molecule has 5 nitrogen and oxygen atoms in total. The molecule has 2 aromatic carbocycles. The van der Waals surface area contributed by atoms with Crippen LogP contribution in [0.3, 0.4) is 0 Å². The molecule has 178 valence electrons. The van der Waals surface area contributed by atoms with Gasteiger partial charge in [-0.2, -0.15) is 0 Å². The Labute approximate surface area is 205 Å². The molecule has 4 rings (SSSR count). The molecule has 1 unspecified atom stereocenters. The molecule has 1 heterocycles. The highest BCUT2D eigenvalue weighted by atomic mass is 35.5. The number of hydrogen-bond acceptors (Lipinski definition) is 3. The number of Topliss-reactive ketones (excluding diaryl/α,β-unsaturated/α-hetero) is 2. The van der Waals surface area contributed by atoms with E-state index in [-0.39, 0.29) is 24.0 Å². The van der Waals surface area contributed by atoms with Crippen LogP contribution in [0.5, 0.6) is 0 Å². The van der Waals surface area contributed by atoms with E-state index in [9.17, 15) is 14.4 Å². The van der Waals surface area contributed by atoms with Crippen molar-refractivity contribution in [3.05, 3.63) is 70.4 Å². The number of rotatable bonds is 8. The molecule has 1 atom stereocenters. The summed E-state index contributed by atoms with van der Waals surface area (Å²) in [7, 11) is 0. The predicted octanol–water partition coefficient (Wildman–Crippen LogP) is 6.65. The SMILES string of the molecule is CC(=O)c1[nH]c2cc(Cl)ccc2c1C(C(=O)CC1CCCCC1)N(Cc1ccccc1)C(C)=O. The van der Waals surface area contributed by atoms with Gasteiger partial charge in [0.1, 0.15) is 6.04 Å². The number of aromatic amines is 1. The third kappa shape index (κ3) is 5.25. The number of H-pyrrole nitrogens is 1. The molecule has 0 spiro atoms. The zero-order chi connectivity index (χ0) is 24.2. The van der Waals surface area contributed by atoms with E-state index in [4.69, 9.17) is 11.6 Å². The maximum absolute atomic E-state index is 14.0. The first-order valence-electron chi connectivity index (χ1n) is 12.0. The minimum absolute atomic E-state index is 0.0172. The molecule has 1 fully saturated rings. The topological polar surface area (TPSA) is 70.2 Å². The Morgan fingerprint density at radius 3 is 2.38 bits per heavy atom. The van der Waals surface area contributed by atoms with Crippen molar-refractivity contribution in [2.24, 2.45) is 5.92 Å². The zero-order valence-electron chi connectivity index (χ0n) is 19.8. The van der Waals surface area contributed by atoms with Crippen LogP contribution in [0.25, 0.3) is 10.9 Å². The van der Waals surface area contributed by atoms with Crippen LogP contribution in [0.4, 0.5) is 0 Å². The number of benzene rings is 2. The summed E-state index contributed by atoms with van der Waals surface area (Å²) in [6.07, 6.45) is 5.93. The van der Waals surface area contributed by atoms with Gasteiger partial charge < -0.3 is 9.88 Å². The number of nitrogens with one attached hydrogen (secondary N) is 1. The Bertz CT molecular complexity index is 1200. The molecule has 1 aliphatic rings. The third-order valence-electron chi connectivity index (χ3n) is 6.86. The summed E-state index contributed by atoms with van der Waals surface area (Å²) in [5, 5.41) is 1.28. The molecule has 6 heteroatoms. The largest absolute Gasteiger partial charge is 0.352 e. The van der Waals surface area contributed by atoms with Gasteiger partial charge in [-0.3, -0.25) is 14.4 Å². The summed E-state index contributed by atoms with van der Waals surface area (Å²) in [6, 6.07) is 14.1. The number of carbonyl (C=O) groups excluding carboxylic acids is 3. The maximum Gasteiger partial charge on any atom is 0.220 e. The highest BCUT2D eigenvalue weighted by Gasteiger charge is 2.36. The van der Waals surface area contributed by atoms with Crippen LogP contribution in [-0.4, -0.2) is 27.4 Å². The van der Waals surface area contributed by atoms with Gasteiger partial charge in [0.05, 0.1) is 5.69 Å². The Morgan fingerprint density at radius 2 is 1.74 bits per heavy atom. The standard InChI is InChI=1S/C28H31ClN2O3/c1-18(32)27-26(23-14-13-22(29)16-24(23)30-27)28(25(34)15-20-9-5-3-6-10-20)31(19(2)33)17-21-11-7-4-8-12-21/h4,7-8,11-14,16,20,28,30H,3,5-6,9-10,15,17H2,1-2H3. The Hall–Kier alpha value is -2.92. The Balaban J connectivity index is 1.84. The molecule has 1 saturated carbocycles. The normalized spacial score (nSPS) is 15.3. The van der Waals surface area contributed by atoms with Crippen LogP contribution < -0.4 is 0 Å². The summed E-state index contributed by atoms with van der Waals surface area (Å²) >= 11 is 6.21. The van der Waals surface area contributed by atoms with Crippen molar-refractivity contribution in [1.82, 2.24) is 9.88 Å². The Kier molecular flexibility index (Phi) is 7.52. The van der Waals surface area contributed by atoms with Crippen molar-refractivity contribution < 1.29 is 14.4 Å². The quantitative estimate of drug-likeness (QED) is 0.368. The summed E-state index contributed by atoms with van der Waals surface area (Å²) in [4.78, 5) is 44.5. The van der Waals surface area contributed by atoms with Gasteiger partial charge in [0.2, 0.25) is 5.91 Å². The van der Waals surface area contributed by atoms with E-state index in [1.165, 1.54) is 20.3 Å². The van der Waals surface area contributed by atoms with Crippen LogP contribution >= 0.6 is 11.6 Å². The number of fused-ring (bicyclic) bond motifs is 1. The minimum Gasteiger partial charge on any atom is -0.352 e. The van der Waals surface area contributed by atoms with E-state index in [0.29, 0.717) is 34.1 Å². The first kappa shape index (κ1) is 24.2. The molecular weight excluding hydrogens is 448 g/mol. The van der Waals surface area contributed by atoms with Crippen LogP contribution in [0.1, 0.15) is 80.0 Å². The lowest BCUT2D eigenvalue weighted by Crippen LogP contribution is -2.38. The van der Waals surface area contributed by atoms with Gasteiger partial charge in [-0.1, -0.05) is 80.1 Å². The van der Waals surface area contributed by atoms with E-state index in [1.807, 2.05) is 36.4 Å². The van der Waals surface area contributed by atoms with E-state index < -0.39 is 6.04 Å². The fourth-order valence-electron chi connectivity index (χ4n) is 5.20. The molecule has 1 aliphatic carbocycles. The van der Waals surface area contributed by atoms with E-state index in [0.717, 1.165) is 36.6 Å². The lowest BCUT2D eigenvalue weighted by atomic mass is 9.83. The lowest BCUT2D eigenvalue weighted by Gasteiger charge is -2.32. The molecule has 0 radical (unpaired) electrons. The molecule has 3 aromatic rings. The highest BCUT2D eigenvalue weighted by Crippen LogP contribution is 2.37. The average Bonchev–Trinajstić information content (AvgIpc) is 3.18. The van der Waals surface area contributed by atoms with Crippen molar-refractivity contribution in [3.8, 4) is 0 Å². The number of aromatic nitrogens is 1. The lowest BCUT2D eigenvalue weighted by molar-refractivity contribution is -0.139. The number of nitrogens with zero attached hydrogens (tertiary/aromatic N) is 1. The molecule has 0 saturated heterocycles. The maximum atomic E-state index is 14.0. The molecule has 0 aliphatic heterocycles. The third-order valence-corrected chi connectivity index (χ3v) is 7.09. The van der Waals surface area contributed by atoms with Gasteiger partial charge >= 0.3 is 0 Å². The molecule has 1 aromatic heterocycles. The summed E-state index contributed by atoms with van der Waals surface area (Å²) in [6.45, 7) is 3.26. The Morgan fingerprint density at radius 1 is 1.03 bits per heavy atom. The van der Waals surface area contributed by atoms with Crippen LogP contribution in [0.2, 0.25) is 5.02 Å². The predicted molar refractivity (Wildman–Crippen MR) is 135 cm³/mol. The fraction of sp³-hybridized carbons (Fsp3) is 0.393. The van der Waals surface area contributed by atoms with Gasteiger partial charge in [-0.05, 0) is 23.6 Å². The van der Waals surface area contributed by atoms with Gasteiger partial charge in [-0.25, -0.2) is 0 Å². The fourth-order valence-corrected chi connectivity index (χ4v) is 5.37. The van der Waals surface area contributed by atoms with Crippen LogP contribution in [-0.2, 0) is 16.1 Å². The monoisotopic (exact) mass is 478 g/mol. The second kappa shape index (κ2) is 10.6. The van der Waals surface area contributed by atoms with Crippen molar-refractivity contribution >= 4 is 40.0 Å². The molecule has 1 N–H and O–H groups in total. The highest BCUT2D eigenvalue weighted by molar-refractivity contribution is 6.31. The molecule has 1 amide bonds. The van der Waals surface area contributed by atoms with Crippen molar-refractivity contribution in [1.29, 1.82) is 0 Å². The molecule has 0 bridgehead atoms. The number of ketones is 2. The first-order chi connectivity index (χ1) is 16.3. The van der Waals surface area contributed by atoms with E-state index in [1.54, 1.807) is 17.0 Å². The van der Waals surface area contributed by atoms with Crippen molar-refractivity contribution in [3.63, 3.8) is 0 Å².